The normalized spacial score (nSPS) is 16.8. The van der Waals surface area contributed by atoms with E-state index in [2.05, 4.69) is 10.3 Å². The van der Waals surface area contributed by atoms with Gasteiger partial charge in [-0.05, 0) is 19.8 Å². The van der Waals surface area contributed by atoms with Gasteiger partial charge in [-0.15, -0.1) is 23.1 Å². The van der Waals surface area contributed by atoms with Crippen molar-refractivity contribution in [3.05, 3.63) is 16.1 Å². The van der Waals surface area contributed by atoms with Gasteiger partial charge in [0.25, 0.3) is 0 Å². The molecule has 0 bridgehead atoms. The van der Waals surface area contributed by atoms with E-state index in [1.807, 2.05) is 12.3 Å². The lowest BCUT2D eigenvalue weighted by atomic mass is 9.93. The third-order valence-electron chi connectivity index (χ3n) is 3.60. The highest BCUT2D eigenvalue weighted by Crippen LogP contribution is 2.32. The predicted octanol–water partition coefficient (Wildman–Crippen LogP) is 2.59. The molecule has 0 aliphatic heterocycles. The Kier molecular flexibility index (Phi) is 5.64. The fourth-order valence-electron chi connectivity index (χ4n) is 2.74. The summed E-state index contributed by atoms with van der Waals surface area (Å²) in [6.07, 6.45) is 3.52. The molecule has 116 valence electrons. The second kappa shape index (κ2) is 7.26. The van der Waals surface area contributed by atoms with Crippen LogP contribution in [0.3, 0.4) is 0 Å². The van der Waals surface area contributed by atoms with Gasteiger partial charge in [0.15, 0.2) is 0 Å². The average Bonchev–Trinajstić information content (AvgIpc) is 2.98. The monoisotopic (exact) mass is 328 g/mol. The van der Waals surface area contributed by atoms with Crippen molar-refractivity contribution in [3.63, 3.8) is 0 Å². The number of aryl methyl sites for hydroxylation is 1. The molecule has 0 atom stereocenters. The van der Waals surface area contributed by atoms with E-state index in [9.17, 15) is 9.59 Å². The third kappa shape index (κ3) is 5.00. The van der Waals surface area contributed by atoms with Crippen molar-refractivity contribution in [3.8, 4) is 0 Å². The van der Waals surface area contributed by atoms with Crippen molar-refractivity contribution in [2.24, 2.45) is 0 Å². The van der Waals surface area contributed by atoms with E-state index in [4.69, 9.17) is 5.11 Å². The zero-order valence-electron chi connectivity index (χ0n) is 12.1. The highest BCUT2D eigenvalue weighted by molar-refractivity contribution is 7.99. The second-order valence-corrected chi connectivity index (χ2v) is 7.50. The number of carboxylic acid groups (broad SMARTS) is 1. The molecule has 5 nitrogen and oxygen atoms in total. The summed E-state index contributed by atoms with van der Waals surface area (Å²) in [4.78, 5) is 27.4. The number of hydrogen-bond donors (Lipinski definition) is 2. The molecule has 21 heavy (non-hydrogen) atoms. The Morgan fingerprint density at radius 2 is 2.19 bits per heavy atom. The molecule has 0 unspecified atom stereocenters. The summed E-state index contributed by atoms with van der Waals surface area (Å²) in [6, 6.07) is 0. The van der Waals surface area contributed by atoms with E-state index in [-0.39, 0.29) is 12.3 Å². The molecule has 1 fully saturated rings. The Labute approximate surface area is 132 Å². The quantitative estimate of drug-likeness (QED) is 0.804. The number of thioether (sulfide) groups is 1. The van der Waals surface area contributed by atoms with Crippen molar-refractivity contribution in [2.45, 2.75) is 50.3 Å². The van der Waals surface area contributed by atoms with E-state index in [0.717, 1.165) is 36.4 Å². The Bertz CT molecular complexity index is 510. The molecule has 7 heteroatoms. The molecule has 1 aliphatic rings. The Hall–Kier alpha value is -1.08. The van der Waals surface area contributed by atoms with E-state index in [0.29, 0.717) is 11.5 Å². The van der Waals surface area contributed by atoms with Crippen LogP contribution in [0.2, 0.25) is 0 Å². The highest BCUT2D eigenvalue weighted by atomic mass is 32.2. The number of amides is 1. The first-order chi connectivity index (χ1) is 9.99. The predicted molar refractivity (Wildman–Crippen MR) is 84.6 cm³/mol. The summed E-state index contributed by atoms with van der Waals surface area (Å²) in [5.41, 5.74) is 0.470. The van der Waals surface area contributed by atoms with Crippen molar-refractivity contribution >= 4 is 35.0 Å². The van der Waals surface area contributed by atoms with E-state index in [1.54, 1.807) is 11.3 Å². The molecule has 0 saturated heterocycles. The van der Waals surface area contributed by atoms with Crippen LogP contribution in [0.5, 0.6) is 0 Å². The van der Waals surface area contributed by atoms with Gasteiger partial charge in [0.1, 0.15) is 0 Å². The summed E-state index contributed by atoms with van der Waals surface area (Å²) in [6.45, 7) is 1.96. The fourth-order valence-corrected chi connectivity index (χ4v) is 4.18. The van der Waals surface area contributed by atoms with Gasteiger partial charge in [0.2, 0.25) is 5.91 Å². The van der Waals surface area contributed by atoms with Crippen LogP contribution in [0.25, 0.3) is 0 Å². The molecule has 1 aromatic rings. The number of nitrogens with zero attached hydrogens (tertiary/aromatic N) is 1. The summed E-state index contributed by atoms with van der Waals surface area (Å²) >= 11 is 3.12. The molecule has 2 rings (SSSR count). The van der Waals surface area contributed by atoms with Crippen LogP contribution in [0, 0.1) is 6.92 Å². The molecule has 0 aromatic carbocycles. The lowest BCUT2D eigenvalue weighted by Crippen LogP contribution is -2.48. The van der Waals surface area contributed by atoms with Gasteiger partial charge in [-0.1, -0.05) is 12.8 Å². The average molecular weight is 328 g/mol. The number of thiazole rings is 1. The molecular formula is C14H20N2O3S2. The Morgan fingerprint density at radius 1 is 1.48 bits per heavy atom. The lowest BCUT2D eigenvalue weighted by Gasteiger charge is -2.28. The van der Waals surface area contributed by atoms with Gasteiger partial charge in [-0.3, -0.25) is 9.59 Å². The zero-order valence-corrected chi connectivity index (χ0v) is 13.7. The van der Waals surface area contributed by atoms with Crippen LogP contribution in [0.1, 0.15) is 42.8 Å². The molecule has 0 spiro atoms. The van der Waals surface area contributed by atoms with Crippen LogP contribution in [0.4, 0.5) is 0 Å². The van der Waals surface area contributed by atoms with Crippen molar-refractivity contribution in [1.29, 1.82) is 0 Å². The second-order valence-electron chi connectivity index (χ2n) is 5.46. The van der Waals surface area contributed by atoms with E-state index < -0.39 is 11.5 Å². The molecule has 1 heterocycles. The number of rotatable bonds is 7. The minimum absolute atomic E-state index is 0.0225. The van der Waals surface area contributed by atoms with E-state index in [1.165, 1.54) is 11.8 Å². The van der Waals surface area contributed by atoms with Crippen molar-refractivity contribution < 1.29 is 14.7 Å². The SMILES string of the molecule is Cc1nc(CSCC(=O)NC2(CC(=O)O)CCCC2)cs1. The highest BCUT2D eigenvalue weighted by Gasteiger charge is 2.37. The minimum atomic E-state index is -0.845. The topological polar surface area (TPSA) is 79.3 Å². The number of aromatic nitrogens is 1. The summed E-state index contributed by atoms with van der Waals surface area (Å²) in [5.74, 6) is 0.139. The van der Waals surface area contributed by atoms with Gasteiger partial charge in [0.05, 0.1) is 28.4 Å². The van der Waals surface area contributed by atoms with Crippen molar-refractivity contribution in [2.75, 3.05) is 5.75 Å². The third-order valence-corrected chi connectivity index (χ3v) is 5.39. The lowest BCUT2D eigenvalue weighted by molar-refractivity contribution is -0.139. The van der Waals surface area contributed by atoms with Crippen molar-refractivity contribution in [1.82, 2.24) is 10.3 Å². The molecule has 1 aliphatic carbocycles. The molecule has 1 saturated carbocycles. The van der Waals surface area contributed by atoms with Crippen LogP contribution >= 0.6 is 23.1 Å². The first-order valence-corrected chi connectivity index (χ1v) is 9.04. The minimum Gasteiger partial charge on any atom is -0.481 e. The molecular weight excluding hydrogens is 308 g/mol. The van der Waals surface area contributed by atoms with Gasteiger partial charge in [0, 0.05) is 11.1 Å². The van der Waals surface area contributed by atoms with Gasteiger partial charge in [-0.25, -0.2) is 4.98 Å². The first-order valence-electron chi connectivity index (χ1n) is 7.01. The molecule has 2 N–H and O–H groups in total. The van der Waals surface area contributed by atoms with Crippen LogP contribution in [0.15, 0.2) is 5.38 Å². The maximum atomic E-state index is 12.0. The molecule has 1 amide bonds. The maximum absolute atomic E-state index is 12.0. The summed E-state index contributed by atoms with van der Waals surface area (Å²) in [7, 11) is 0. The van der Waals surface area contributed by atoms with Crippen LogP contribution in [-0.2, 0) is 15.3 Å². The Morgan fingerprint density at radius 3 is 2.76 bits per heavy atom. The largest absolute Gasteiger partial charge is 0.481 e. The number of nitrogens with one attached hydrogen (secondary N) is 1. The summed E-state index contributed by atoms with van der Waals surface area (Å²) in [5, 5.41) is 15.0. The van der Waals surface area contributed by atoms with Gasteiger partial charge in [-0.2, -0.15) is 0 Å². The number of hydrogen-bond acceptors (Lipinski definition) is 5. The number of aliphatic carboxylic acids is 1. The van der Waals surface area contributed by atoms with Gasteiger partial charge >= 0.3 is 5.97 Å². The smallest absolute Gasteiger partial charge is 0.305 e. The first kappa shape index (κ1) is 16.3. The summed E-state index contributed by atoms with van der Waals surface area (Å²) < 4.78 is 0. The maximum Gasteiger partial charge on any atom is 0.305 e. The number of carboxylic acids is 1. The number of carbonyl (C=O) groups excluding carboxylic acids is 1. The van der Waals surface area contributed by atoms with Crippen LogP contribution in [-0.4, -0.2) is 33.3 Å². The Balaban J connectivity index is 1.78. The van der Waals surface area contributed by atoms with Gasteiger partial charge < -0.3 is 10.4 Å². The molecule has 1 aromatic heterocycles. The van der Waals surface area contributed by atoms with Crippen LogP contribution < -0.4 is 5.32 Å². The number of carbonyl (C=O) groups is 2. The standard InChI is InChI=1S/C14H20N2O3S2/c1-10-15-11(8-21-10)7-20-9-12(17)16-14(6-13(18)19)4-2-3-5-14/h8H,2-7,9H2,1H3,(H,16,17)(H,18,19). The fraction of sp³-hybridized carbons (Fsp3) is 0.643. The van der Waals surface area contributed by atoms with E-state index >= 15 is 0 Å². The zero-order chi connectivity index (χ0) is 15.3. The molecule has 0 radical (unpaired) electrons.